The molecule has 0 aliphatic heterocycles. The van der Waals surface area contributed by atoms with Crippen molar-refractivity contribution in [1.29, 1.82) is 5.26 Å². The summed E-state index contributed by atoms with van der Waals surface area (Å²) in [5.41, 5.74) is 0.988. The zero-order valence-corrected chi connectivity index (χ0v) is 10.6. The highest BCUT2D eigenvalue weighted by atomic mass is 32.1. The van der Waals surface area contributed by atoms with E-state index in [-0.39, 0.29) is 17.2 Å². The molecular weight excluding hydrogens is 249 g/mol. The van der Waals surface area contributed by atoms with Gasteiger partial charge in [-0.15, -0.1) is 21.5 Å². The average Bonchev–Trinajstić information content (AvgIpc) is 2.95. The molecule has 18 heavy (non-hydrogen) atoms. The summed E-state index contributed by atoms with van der Waals surface area (Å²) in [6.07, 6.45) is 0. The molecule has 2 aromatic rings. The first-order valence-corrected chi connectivity index (χ1v) is 5.90. The van der Waals surface area contributed by atoms with Crippen molar-refractivity contribution in [3.05, 3.63) is 33.7 Å². The predicted octanol–water partition coefficient (Wildman–Crippen LogP) is 2.24. The van der Waals surface area contributed by atoms with Gasteiger partial charge in [-0.2, -0.15) is 5.26 Å². The molecule has 0 spiro atoms. The highest BCUT2D eigenvalue weighted by molar-refractivity contribution is 7.10. The normalized spacial score (nSPS) is 11.8. The lowest BCUT2D eigenvalue weighted by atomic mass is 10.1. The van der Waals surface area contributed by atoms with Crippen LogP contribution in [0.4, 0.5) is 0 Å². The maximum absolute atomic E-state index is 9.23. The first-order valence-electron chi connectivity index (χ1n) is 5.02. The fraction of sp³-hybridized carbons (Fsp3) is 0.182. The summed E-state index contributed by atoms with van der Waals surface area (Å²) >= 11 is 1.53. The molecule has 0 bridgehead atoms. The van der Waals surface area contributed by atoms with Gasteiger partial charge < -0.3 is 9.07 Å². The minimum absolute atomic E-state index is 0.0795. The van der Waals surface area contributed by atoms with Gasteiger partial charge in [0, 0.05) is 17.4 Å². The average molecular weight is 257 g/mol. The standard InChI is InChI=1S/C11H8BN3O2S/c1-6-3-8(5-18-6)9(4-13)10(17-12)11-15-14-7(2)16-11/h3,5H,1-2H3. The highest BCUT2D eigenvalue weighted by Gasteiger charge is 2.18. The van der Waals surface area contributed by atoms with E-state index in [9.17, 15) is 5.26 Å². The Morgan fingerprint density at radius 1 is 1.50 bits per heavy atom. The van der Waals surface area contributed by atoms with Crippen molar-refractivity contribution in [2.75, 3.05) is 0 Å². The number of rotatable bonds is 3. The van der Waals surface area contributed by atoms with Crippen molar-refractivity contribution >= 4 is 30.7 Å². The van der Waals surface area contributed by atoms with Gasteiger partial charge in [0.2, 0.25) is 5.89 Å². The lowest BCUT2D eigenvalue weighted by Gasteiger charge is -2.04. The van der Waals surface area contributed by atoms with Crippen LogP contribution >= 0.6 is 11.3 Å². The Kier molecular flexibility index (Phi) is 3.49. The summed E-state index contributed by atoms with van der Waals surface area (Å²) in [6.45, 7) is 3.59. The second-order valence-corrected chi connectivity index (χ2v) is 4.62. The lowest BCUT2D eigenvalue weighted by molar-refractivity contribution is 0.464. The number of aromatic nitrogens is 2. The third-order valence-corrected chi connectivity index (χ3v) is 3.06. The Morgan fingerprint density at radius 3 is 2.72 bits per heavy atom. The Morgan fingerprint density at radius 2 is 2.28 bits per heavy atom. The molecule has 0 N–H and O–H groups in total. The molecule has 88 valence electrons. The van der Waals surface area contributed by atoms with Gasteiger partial charge in [0.25, 0.3) is 5.89 Å². The topological polar surface area (TPSA) is 71.9 Å². The Labute approximate surface area is 109 Å². The molecule has 2 aromatic heterocycles. The molecule has 0 unspecified atom stereocenters. The fourth-order valence-corrected chi connectivity index (χ4v) is 2.12. The van der Waals surface area contributed by atoms with Crippen LogP contribution in [0.2, 0.25) is 0 Å². The Balaban J connectivity index is 2.56. The Bertz CT molecular complexity index is 639. The maximum Gasteiger partial charge on any atom is 0.374 e. The van der Waals surface area contributed by atoms with Gasteiger partial charge >= 0.3 is 8.05 Å². The number of hydrogen-bond donors (Lipinski definition) is 0. The molecular formula is C11H8BN3O2S. The zero-order valence-electron chi connectivity index (χ0n) is 9.80. The summed E-state index contributed by atoms with van der Waals surface area (Å²) in [5, 5.41) is 18.5. The number of allylic oxidation sites excluding steroid dienone is 1. The van der Waals surface area contributed by atoms with Crippen LogP contribution in [0.3, 0.4) is 0 Å². The molecule has 2 heterocycles. The van der Waals surface area contributed by atoms with E-state index in [2.05, 4.69) is 10.2 Å². The molecule has 0 aromatic carbocycles. The quantitative estimate of drug-likeness (QED) is 0.479. The fourth-order valence-electron chi connectivity index (χ4n) is 1.43. The van der Waals surface area contributed by atoms with Crippen molar-refractivity contribution in [3.63, 3.8) is 0 Å². The van der Waals surface area contributed by atoms with Crippen LogP contribution in [-0.2, 0) is 4.65 Å². The molecule has 0 atom stereocenters. The van der Waals surface area contributed by atoms with E-state index in [0.717, 1.165) is 10.4 Å². The van der Waals surface area contributed by atoms with Crippen LogP contribution in [0.25, 0.3) is 11.3 Å². The van der Waals surface area contributed by atoms with Gasteiger partial charge in [-0.25, -0.2) is 0 Å². The second kappa shape index (κ2) is 5.06. The highest BCUT2D eigenvalue weighted by Crippen LogP contribution is 2.28. The van der Waals surface area contributed by atoms with E-state index >= 15 is 0 Å². The lowest BCUT2D eigenvalue weighted by Crippen LogP contribution is -1.94. The van der Waals surface area contributed by atoms with Crippen LogP contribution in [0.1, 0.15) is 22.2 Å². The number of hydrogen-bond acceptors (Lipinski definition) is 6. The monoisotopic (exact) mass is 257 g/mol. The van der Waals surface area contributed by atoms with E-state index < -0.39 is 0 Å². The molecule has 2 rings (SSSR count). The molecule has 2 radical (unpaired) electrons. The van der Waals surface area contributed by atoms with Crippen molar-refractivity contribution < 1.29 is 9.07 Å². The van der Waals surface area contributed by atoms with Crippen molar-refractivity contribution in [2.45, 2.75) is 13.8 Å². The number of aryl methyl sites for hydroxylation is 2. The molecule has 0 saturated heterocycles. The summed E-state index contributed by atoms with van der Waals surface area (Å²) in [5.74, 6) is 0.546. The van der Waals surface area contributed by atoms with Crippen LogP contribution in [0.15, 0.2) is 15.9 Å². The zero-order chi connectivity index (χ0) is 13.1. The smallest absolute Gasteiger partial charge is 0.374 e. The molecule has 0 saturated carbocycles. The van der Waals surface area contributed by atoms with Gasteiger partial charge in [-0.1, -0.05) is 0 Å². The van der Waals surface area contributed by atoms with E-state index in [1.54, 1.807) is 6.92 Å². The third-order valence-electron chi connectivity index (χ3n) is 2.20. The third kappa shape index (κ3) is 2.29. The van der Waals surface area contributed by atoms with Crippen molar-refractivity contribution in [3.8, 4) is 6.07 Å². The molecule has 0 aliphatic carbocycles. The number of nitriles is 1. The Hall–Kier alpha value is -2.07. The number of nitrogens with zero attached hydrogens (tertiary/aromatic N) is 3. The first kappa shape index (κ1) is 12.4. The minimum atomic E-state index is 0.0795. The van der Waals surface area contributed by atoms with Gasteiger partial charge in [-0.3, -0.25) is 0 Å². The molecule has 0 fully saturated rings. The van der Waals surface area contributed by atoms with Crippen LogP contribution in [0, 0.1) is 25.2 Å². The van der Waals surface area contributed by atoms with E-state index in [1.165, 1.54) is 11.3 Å². The van der Waals surface area contributed by atoms with E-state index in [0.29, 0.717) is 5.89 Å². The summed E-state index contributed by atoms with van der Waals surface area (Å²) < 4.78 is 9.95. The SMILES string of the molecule is [B]OC(=C(C#N)c1csc(C)c1)c1nnc(C)o1. The second-order valence-electron chi connectivity index (χ2n) is 3.51. The molecule has 0 aliphatic rings. The van der Waals surface area contributed by atoms with Gasteiger partial charge in [0.15, 0.2) is 5.76 Å². The van der Waals surface area contributed by atoms with Crippen molar-refractivity contribution in [1.82, 2.24) is 10.2 Å². The van der Waals surface area contributed by atoms with Crippen LogP contribution in [-0.4, -0.2) is 18.2 Å². The molecule has 0 amide bonds. The summed E-state index contributed by atoms with van der Waals surface area (Å²) in [4.78, 5) is 1.08. The van der Waals surface area contributed by atoms with Gasteiger partial charge in [0.1, 0.15) is 11.6 Å². The first-order chi connectivity index (χ1) is 8.65. The van der Waals surface area contributed by atoms with Crippen LogP contribution in [0.5, 0.6) is 0 Å². The van der Waals surface area contributed by atoms with E-state index in [1.807, 2.05) is 24.4 Å². The minimum Gasteiger partial charge on any atom is -0.563 e. The largest absolute Gasteiger partial charge is 0.563 e. The maximum atomic E-state index is 9.23. The van der Waals surface area contributed by atoms with E-state index in [4.69, 9.17) is 17.1 Å². The summed E-state index contributed by atoms with van der Waals surface area (Å²) in [6, 6.07) is 3.91. The van der Waals surface area contributed by atoms with Gasteiger partial charge in [-0.05, 0) is 18.4 Å². The van der Waals surface area contributed by atoms with Crippen molar-refractivity contribution in [2.24, 2.45) is 0 Å². The molecule has 7 heteroatoms. The molecule has 5 nitrogen and oxygen atoms in total. The summed E-state index contributed by atoms with van der Waals surface area (Å²) in [7, 11) is 5.20. The van der Waals surface area contributed by atoms with Gasteiger partial charge in [0.05, 0.1) is 0 Å². The van der Waals surface area contributed by atoms with Crippen LogP contribution < -0.4 is 0 Å². The predicted molar refractivity (Wildman–Crippen MR) is 67.4 cm³/mol. The number of thiophene rings is 1.